The summed E-state index contributed by atoms with van der Waals surface area (Å²) in [7, 11) is 1.74. The Balaban J connectivity index is 1.65. The monoisotopic (exact) mass is 341 g/mol. The van der Waals surface area contributed by atoms with Gasteiger partial charge in [-0.15, -0.1) is 11.3 Å². The highest BCUT2D eigenvalue weighted by atomic mass is 32.1. The Morgan fingerprint density at radius 1 is 1.25 bits per heavy atom. The molecule has 0 radical (unpaired) electrons. The fraction of sp³-hybridized carbons (Fsp3) is 0.125. The van der Waals surface area contributed by atoms with Crippen molar-refractivity contribution in [3.63, 3.8) is 0 Å². The van der Waals surface area contributed by atoms with Crippen LogP contribution >= 0.6 is 11.3 Å². The van der Waals surface area contributed by atoms with E-state index in [0.717, 1.165) is 16.3 Å². The highest BCUT2D eigenvalue weighted by Gasteiger charge is 2.10. The zero-order valence-electron chi connectivity index (χ0n) is 12.7. The van der Waals surface area contributed by atoms with Crippen LogP contribution in [0.25, 0.3) is 21.6 Å². The molecule has 0 amide bonds. The number of aryl methyl sites for hydroxylation is 1. The van der Waals surface area contributed by atoms with E-state index in [0.29, 0.717) is 17.6 Å². The molecule has 0 saturated carbocycles. The molecule has 0 atom stereocenters. The first-order valence-electron chi connectivity index (χ1n) is 7.19. The number of nitrogens with zero attached hydrogens (tertiary/aromatic N) is 5. The lowest BCUT2D eigenvalue weighted by Crippen LogP contribution is -2.21. The maximum Gasteiger partial charge on any atom is 0.264 e. The molecule has 0 aliphatic rings. The second-order valence-electron chi connectivity index (χ2n) is 5.33. The smallest absolute Gasteiger partial charge is 0.264 e. The van der Waals surface area contributed by atoms with E-state index in [4.69, 9.17) is 0 Å². The number of aromatic nitrogens is 5. The predicted octanol–water partition coefficient (Wildman–Crippen LogP) is 2.44. The van der Waals surface area contributed by atoms with Crippen LogP contribution in [0.3, 0.4) is 0 Å². The van der Waals surface area contributed by atoms with E-state index in [1.165, 1.54) is 40.6 Å². The summed E-state index contributed by atoms with van der Waals surface area (Å²) < 4.78 is 16.1. The summed E-state index contributed by atoms with van der Waals surface area (Å²) in [5.41, 5.74) is 2.01. The topological polar surface area (TPSA) is 65.6 Å². The highest BCUT2D eigenvalue weighted by molar-refractivity contribution is 7.13. The quantitative estimate of drug-likeness (QED) is 0.574. The van der Waals surface area contributed by atoms with Gasteiger partial charge in [0.15, 0.2) is 5.65 Å². The van der Waals surface area contributed by atoms with Crippen molar-refractivity contribution in [3.8, 4) is 10.6 Å². The molecule has 3 aromatic heterocycles. The third-order valence-corrected chi connectivity index (χ3v) is 4.63. The third kappa shape index (κ3) is 2.50. The van der Waals surface area contributed by atoms with E-state index >= 15 is 0 Å². The molecule has 24 heavy (non-hydrogen) atoms. The van der Waals surface area contributed by atoms with Gasteiger partial charge in [-0.2, -0.15) is 5.10 Å². The Morgan fingerprint density at radius 2 is 2.04 bits per heavy atom. The Bertz CT molecular complexity index is 1080. The molecule has 0 fully saturated rings. The molecular weight excluding hydrogens is 329 g/mol. The van der Waals surface area contributed by atoms with Gasteiger partial charge >= 0.3 is 0 Å². The zero-order valence-corrected chi connectivity index (χ0v) is 13.5. The summed E-state index contributed by atoms with van der Waals surface area (Å²) in [5, 5.41) is 7.21. The van der Waals surface area contributed by atoms with Gasteiger partial charge in [-0.1, -0.05) is 0 Å². The molecule has 4 rings (SSSR count). The van der Waals surface area contributed by atoms with E-state index < -0.39 is 0 Å². The van der Waals surface area contributed by atoms with Crippen LogP contribution in [0.5, 0.6) is 0 Å². The lowest BCUT2D eigenvalue weighted by molar-refractivity contribution is 0.628. The van der Waals surface area contributed by atoms with Gasteiger partial charge in [0.1, 0.15) is 22.5 Å². The first-order valence-corrected chi connectivity index (χ1v) is 8.07. The van der Waals surface area contributed by atoms with Crippen LogP contribution < -0.4 is 5.56 Å². The first kappa shape index (κ1) is 14.7. The molecule has 0 spiro atoms. The van der Waals surface area contributed by atoms with Gasteiger partial charge in [0.05, 0.1) is 18.4 Å². The predicted molar refractivity (Wildman–Crippen MR) is 89.4 cm³/mol. The van der Waals surface area contributed by atoms with E-state index in [1.54, 1.807) is 23.9 Å². The van der Waals surface area contributed by atoms with Gasteiger partial charge in [0.25, 0.3) is 5.56 Å². The van der Waals surface area contributed by atoms with Gasteiger partial charge in [0.2, 0.25) is 0 Å². The number of fused-ring (bicyclic) bond motifs is 1. The standard InChI is InChI=1S/C16H12FN5OS/c1-21-14-13(6-19-21)16(23)22(9-18-14)7-12-8-24-15(20-12)10-2-4-11(17)5-3-10/h2-6,8-9H,7H2,1H3. The fourth-order valence-electron chi connectivity index (χ4n) is 2.46. The van der Waals surface area contributed by atoms with Crippen molar-refractivity contribution in [2.75, 3.05) is 0 Å². The number of hydrogen-bond acceptors (Lipinski definition) is 5. The van der Waals surface area contributed by atoms with Gasteiger partial charge in [0, 0.05) is 18.0 Å². The van der Waals surface area contributed by atoms with Crippen LogP contribution in [0, 0.1) is 5.82 Å². The lowest BCUT2D eigenvalue weighted by Gasteiger charge is -2.03. The zero-order chi connectivity index (χ0) is 16.7. The number of benzene rings is 1. The minimum atomic E-state index is -0.280. The molecule has 0 N–H and O–H groups in total. The molecule has 4 aromatic rings. The summed E-state index contributed by atoms with van der Waals surface area (Å²) in [6.45, 7) is 0.328. The van der Waals surface area contributed by atoms with Crippen LogP contribution in [-0.2, 0) is 13.6 Å². The maximum atomic E-state index is 13.0. The van der Waals surface area contributed by atoms with Crippen molar-refractivity contribution in [1.29, 1.82) is 0 Å². The average molecular weight is 341 g/mol. The molecular formula is C16H12FN5OS. The van der Waals surface area contributed by atoms with Crippen molar-refractivity contribution in [3.05, 3.63) is 64.0 Å². The minimum absolute atomic E-state index is 0.149. The van der Waals surface area contributed by atoms with Crippen molar-refractivity contribution < 1.29 is 4.39 Å². The van der Waals surface area contributed by atoms with Gasteiger partial charge in [-0.25, -0.2) is 14.4 Å². The second-order valence-corrected chi connectivity index (χ2v) is 6.19. The molecule has 8 heteroatoms. The number of halogens is 1. The van der Waals surface area contributed by atoms with Crippen molar-refractivity contribution in [1.82, 2.24) is 24.3 Å². The molecule has 0 unspecified atom stereocenters. The summed E-state index contributed by atoms with van der Waals surface area (Å²) in [6.07, 6.45) is 3.02. The van der Waals surface area contributed by atoms with Crippen LogP contribution in [0.1, 0.15) is 5.69 Å². The summed E-state index contributed by atoms with van der Waals surface area (Å²) in [6, 6.07) is 6.18. The van der Waals surface area contributed by atoms with Gasteiger partial charge in [-0.05, 0) is 24.3 Å². The maximum absolute atomic E-state index is 13.0. The third-order valence-electron chi connectivity index (χ3n) is 3.69. The van der Waals surface area contributed by atoms with E-state index in [2.05, 4.69) is 15.1 Å². The molecule has 0 saturated heterocycles. The van der Waals surface area contributed by atoms with Crippen LogP contribution in [0.2, 0.25) is 0 Å². The normalized spacial score (nSPS) is 11.2. The largest absolute Gasteiger partial charge is 0.292 e. The number of hydrogen-bond donors (Lipinski definition) is 0. The minimum Gasteiger partial charge on any atom is -0.292 e. The van der Waals surface area contributed by atoms with E-state index in [1.807, 2.05) is 5.38 Å². The molecule has 0 bridgehead atoms. The SMILES string of the molecule is Cn1ncc2c(=O)n(Cc3csc(-c4ccc(F)cc4)n3)cnc21. The Hall–Kier alpha value is -2.87. The van der Waals surface area contributed by atoms with Crippen LogP contribution in [-0.4, -0.2) is 24.3 Å². The average Bonchev–Trinajstić information content (AvgIpc) is 3.19. The fourth-order valence-corrected chi connectivity index (χ4v) is 3.28. The van der Waals surface area contributed by atoms with Gasteiger partial charge < -0.3 is 0 Å². The van der Waals surface area contributed by atoms with E-state index in [-0.39, 0.29) is 11.4 Å². The molecule has 6 nitrogen and oxygen atoms in total. The van der Waals surface area contributed by atoms with Gasteiger partial charge in [-0.3, -0.25) is 14.0 Å². The van der Waals surface area contributed by atoms with Crippen molar-refractivity contribution in [2.24, 2.45) is 7.05 Å². The molecule has 120 valence electrons. The van der Waals surface area contributed by atoms with Crippen molar-refractivity contribution >= 4 is 22.4 Å². The molecule has 1 aromatic carbocycles. The Labute approximate surface area is 139 Å². The number of thiazole rings is 1. The number of rotatable bonds is 3. The Morgan fingerprint density at radius 3 is 2.83 bits per heavy atom. The molecule has 3 heterocycles. The highest BCUT2D eigenvalue weighted by Crippen LogP contribution is 2.24. The summed E-state index contributed by atoms with van der Waals surface area (Å²) in [4.78, 5) is 21.3. The molecule has 0 aliphatic heterocycles. The lowest BCUT2D eigenvalue weighted by atomic mass is 10.2. The van der Waals surface area contributed by atoms with E-state index in [9.17, 15) is 9.18 Å². The van der Waals surface area contributed by atoms with Crippen LogP contribution in [0.15, 0.2) is 47.0 Å². The van der Waals surface area contributed by atoms with Crippen molar-refractivity contribution in [2.45, 2.75) is 6.54 Å². The molecule has 0 aliphatic carbocycles. The summed E-state index contributed by atoms with van der Waals surface area (Å²) in [5.74, 6) is -0.280. The summed E-state index contributed by atoms with van der Waals surface area (Å²) >= 11 is 1.46. The first-order chi connectivity index (χ1) is 11.6. The second kappa shape index (κ2) is 5.64. The Kier molecular flexibility index (Phi) is 3.46. The van der Waals surface area contributed by atoms with Crippen LogP contribution in [0.4, 0.5) is 4.39 Å².